The Labute approximate surface area is 100 Å². The van der Waals surface area contributed by atoms with Crippen molar-refractivity contribution in [3.05, 3.63) is 35.1 Å². The number of aromatic carboxylic acids is 1. The van der Waals surface area contributed by atoms with E-state index < -0.39 is 11.8 Å². The fraction of sp³-hybridized carbons (Fsp3) is 0.462. The first kappa shape index (κ1) is 13.6. The normalized spacial score (nSPS) is 10.5. The smallest absolute Gasteiger partial charge is 0.338 e. The van der Waals surface area contributed by atoms with Crippen LogP contribution in [0.1, 0.15) is 42.1 Å². The molecular formula is C13H17FO3. The van der Waals surface area contributed by atoms with Crippen LogP contribution in [0.25, 0.3) is 0 Å². The molecule has 0 atom stereocenters. The van der Waals surface area contributed by atoms with Gasteiger partial charge >= 0.3 is 5.97 Å². The number of carboxylic acids is 1. The molecule has 1 N–H and O–H groups in total. The third-order valence-corrected chi connectivity index (χ3v) is 2.46. The van der Waals surface area contributed by atoms with E-state index in [9.17, 15) is 9.18 Å². The molecule has 3 nitrogen and oxygen atoms in total. The third kappa shape index (κ3) is 4.15. The Kier molecular flexibility index (Phi) is 5.63. The van der Waals surface area contributed by atoms with Crippen LogP contribution in [0.5, 0.6) is 0 Å². The van der Waals surface area contributed by atoms with Gasteiger partial charge in [-0.15, -0.1) is 0 Å². The number of benzene rings is 1. The molecule has 0 aliphatic carbocycles. The summed E-state index contributed by atoms with van der Waals surface area (Å²) in [7, 11) is 0. The van der Waals surface area contributed by atoms with Crippen LogP contribution in [-0.4, -0.2) is 17.7 Å². The number of carboxylic acid groups (broad SMARTS) is 1. The molecule has 0 saturated carbocycles. The Morgan fingerprint density at radius 3 is 2.82 bits per heavy atom. The molecule has 1 aromatic carbocycles. The van der Waals surface area contributed by atoms with Crippen LogP contribution in [0.4, 0.5) is 4.39 Å². The topological polar surface area (TPSA) is 46.5 Å². The maximum atomic E-state index is 13.6. The summed E-state index contributed by atoms with van der Waals surface area (Å²) in [6, 6.07) is 4.32. The van der Waals surface area contributed by atoms with Crippen LogP contribution < -0.4 is 0 Å². The minimum absolute atomic E-state index is 0.122. The molecule has 0 saturated heterocycles. The van der Waals surface area contributed by atoms with Crippen LogP contribution in [-0.2, 0) is 11.3 Å². The first-order valence-corrected chi connectivity index (χ1v) is 5.75. The molecule has 0 heterocycles. The lowest BCUT2D eigenvalue weighted by atomic mass is 10.1. The van der Waals surface area contributed by atoms with Gasteiger partial charge in [-0.2, -0.15) is 0 Å². The summed E-state index contributed by atoms with van der Waals surface area (Å²) in [5.74, 6) is -1.95. The van der Waals surface area contributed by atoms with Crippen molar-refractivity contribution >= 4 is 5.97 Å². The van der Waals surface area contributed by atoms with Crippen molar-refractivity contribution in [1.29, 1.82) is 0 Å². The van der Waals surface area contributed by atoms with Crippen molar-refractivity contribution in [2.24, 2.45) is 0 Å². The quantitative estimate of drug-likeness (QED) is 0.744. The minimum atomic E-state index is -1.25. The van der Waals surface area contributed by atoms with Gasteiger partial charge in [-0.05, 0) is 12.5 Å². The van der Waals surface area contributed by atoms with E-state index in [1.165, 1.54) is 12.1 Å². The van der Waals surface area contributed by atoms with Crippen LogP contribution in [0.2, 0.25) is 0 Å². The number of carbonyl (C=O) groups is 1. The van der Waals surface area contributed by atoms with E-state index >= 15 is 0 Å². The Hall–Kier alpha value is -1.42. The molecule has 0 bridgehead atoms. The Morgan fingerprint density at radius 2 is 2.18 bits per heavy atom. The molecule has 0 fully saturated rings. The molecule has 0 spiro atoms. The monoisotopic (exact) mass is 240 g/mol. The summed E-state index contributed by atoms with van der Waals surface area (Å²) in [5.41, 5.74) is -0.0129. The summed E-state index contributed by atoms with van der Waals surface area (Å²) in [6.45, 7) is 2.79. The minimum Gasteiger partial charge on any atom is -0.478 e. The van der Waals surface area contributed by atoms with Crippen molar-refractivity contribution in [3.63, 3.8) is 0 Å². The Bertz CT molecular complexity index is 377. The fourth-order valence-electron chi connectivity index (χ4n) is 1.49. The lowest BCUT2D eigenvalue weighted by Gasteiger charge is -2.06. The molecule has 17 heavy (non-hydrogen) atoms. The van der Waals surface area contributed by atoms with E-state index in [0.717, 1.165) is 19.3 Å². The lowest BCUT2D eigenvalue weighted by molar-refractivity contribution is 0.0690. The highest BCUT2D eigenvalue weighted by Gasteiger charge is 2.13. The average Bonchev–Trinajstić information content (AvgIpc) is 2.30. The summed E-state index contributed by atoms with van der Waals surface area (Å²) in [6.07, 6.45) is 3.13. The molecule has 0 amide bonds. The number of hydrogen-bond acceptors (Lipinski definition) is 2. The van der Waals surface area contributed by atoms with E-state index in [1.807, 2.05) is 0 Å². The van der Waals surface area contributed by atoms with Gasteiger partial charge in [0, 0.05) is 12.2 Å². The molecule has 0 aliphatic heterocycles. The molecule has 94 valence electrons. The van der Waals surface area contributed by atoms with Crippen LogP contribution in [0.3, 0.4) is 0 Å². The molecule has 1 rings (SSSR count). The summed E-state index contributed by atoms with van der Waals surface area (Å²) < 4.78 is 18.9. The van der Waals surface area contributed by atoms with E-state index in [4.69, 9.17) is 9.84 Å². The highest BCUT2D eigenvalue weighted by atomic mass is 19.1. The van der Waals surface area contributed by atoms with Crippen molar-refractivity contribution in [1.82, 2.24) is 0 Å². The van der Waals surface area contributed by atoms with Gasteiger partial charge in [0.05, 0.1) is 12.2 Å². The van der Waals surface area contributed by atoms with Crippen molar-refractivity contribution < 1.29 is 19.0 Å². The standard InChI is InChI=1S/C13H17FO3/c1-2-3-4-8-17-9-10-6-5-7-11(12(10)14)13(15)16/h5-7H,2-4,8-9H2,1H3,(H,15,16). The van der Waals surface area contributed by atoms with Crippen LogP contribution in [0.15, 0.2) is 18.2 Å². The van der Waals surface area contributed by atoms with Crippen LogP contribution >= 0.6 is 0 Å². The van der Waals surface area contributed by atoms with Gasteiger partial charge in [0.15, 0.2) is 0 Å². The molecule has 4 heteroatoms. The molecule has 0 radical (unpaired) electrons. The number of rotatable bonds is 7. The highest BCUT2D eigenvalue weighted by molar-refractivity contribution is 5.88. The first-order valence-electron chi connectivity index (χ1n) is 5.75. The second kappa shape index (κ2) is 7.01. The predicted molar refractivity (Wildman–Crippen MR) is 62.5 cm³/mol. The zero-order chi connectivity index (χ0) is 12.7. The number of halogens is 1. The van der Waals surface area contributed by atoms with Crippen molar-refractivity contribution in [3.8, 4) is 0 Å². The number of unbranched alkanes of at least 4 members (excludes halogenated alkanes) is 2. The van der Waals surface area contributed by atoms with E-state index in [1.54, 1.807) is 6.07 Å². The molecular weight excluding hydrogens is 223 g/mol. The van der Waals surface area contributed by atoms with Gasteiger partial charge in [-0.25, -0.2) is 9.18 Å². The maximum Gasteiger partial charge on any atom is 0.338 e. The van der Waals surface area contributed by atoms with Crippen molar-refractivity contribution in [2.45, 2.75) is 32.8 Å². The highest BCUT2D eigenvalue weighted by Crippen LogP contribution is 2.14. The van der Waals surface area contributed by atoms with Gasteiger partial charge < -0.3 is 9.84 Å². The van der Waals surface area contributed by atoms with E-state index in [-0.39, 0.29) is 12.2 Å². The fourth-order valence-corrected chi connectivity index (χ4v) is 1.49. The number of ether oxygens (including phenoxy) is 1. The zero-order valence-corrected chi connectivity index (χ0v) is 9.91. The van der Waals surface area contributed by atoms with E-state index in [2.05, 4.69) is 6.92 Å². The average molecular weight is 240 g/mol. The van der Waals surface area contributed by atoms with Crippen LogP contribution in [0, 0.1) is 5.82 Å². The van der Waals surface area contributed by atoms with Gasteiger partial charge in [-0.3, -0.25) is 0 Å². The molecule has 0 aliphatic rings. The van der Waals surface area contributed by atoms with Gasteiger partial charge in [0.1, 0.15) is 5.82 Å². The molecule has 1 aromatic rings. The second-order valence-electron chi connectivity index (χ2n) is 3.84. The molecule has 0 aromatic heterocycles. The second-order valence-corrected chi connectivity index (χ2v) is 3.84. The summed E-state index contributed by atoms with van der Waals surface area (Å²) in [4.78, 5) is 10.7. The predicted octanol–water partition coefficient (Wildman–Crippen LogP) is 3.23. The van der Waals surface area contributed by atoms with Crippen molar-refractivity contribution in [2.75, 3.05) is 6.61 Å². The molecule has 0 unspecified atom stereocenters. The maximum absolute atomic E-state index is 13.6. The Morgan fingerprint density at radius 1 is 1.41 bits per heavy atom. The zero-order valence-electron chi connectivity index (χ0n) is 9.91. The van der Waals surface area contributed by atoms with E-state index in [0.29, 0.717) is 12.2 Å². The Balaban J connectivity index is 2.54. The third-order valence-electron chi connectivity index (χ3n) is 2.46. The van der Waals surface area contributed by atoms with Gasteiger partial charge in [0.25, 0.3) is 0 Å². The largest absolute Gasteiger partial charge is 0.478 e. The summed E-state index contributed by atoms with van der Waals surface area (Å²) >= 11 is 0. The summed E-state index contributed by atoms with van der Waals surface area (Å²) in [5, 5.41) is 8.75. The lowest BCUT2D eigenvalue weighted by Crippen LogP contribution is -2.05. The SMILES string of the molecule is CCCCCOCc1cccc(C(=O)O)c1F. The van der Waals surface area contributed by atoms with Gasteiger partial charge in [0.2, 0.25) is 0 Å². The number of hydrogen-bond donors (Lipinski definition) is 1. The van der Waals surface area contributed by atoms with Gasteiger partial charge in [-0.1, -0.05) is 31.9 Å². The first-order chi connectivity index (χ1) is 8.16.